The van der Waals surface area contributed by atoms with Crippen molar-refractivity contribution in [1.29, 1.82) is 0 Å². The minimum atomic E-state index is -0.130. The first-order chi connectivity index (χ1) is 13.1. The fourth-order valence-corrected chi connectivity index (χ4v) is 3.49. The Hall–Kier alpha value is -2.77. The van der Waals surface area contributed by atoms with Crippen molar-refractivity contribution in [1.82, 2.24) is 15.2 Å². The molecule has 2 aromatic carbocycles. The van der Waals surface area contributed by atoms with Crippen molar-refractivity contribution in [3.63, 3.8) is 0 Å². The average molecular weight is 383 g/mol. The molecule has 0 saturated carbocycles. The summed E-state index contributed by atoms with van der Waals surface area (Å²) in [6, 6.07) is 15.1. The van der Waals surface area contributed by atoms with E-state index >= 15 is 0 Å². The zero-order valence-corrected chi connectivity index (χ0v) is 16.1. The maximum Gasteiger partial charge on any atom is 0.251 e. The van der Waals surface area contributed by atoms with Gasteiger partial charge in [0.2, 0.25) is 5.91 Å². The molecule has 0 aliphatic heterocycles. The van der Waals surface area contributed by atoms with Gasteiger partial charge in [0, 0.05) is 26.2 Å². The monoisotopic (exact) mass is 383 g/mol. The van der Waals surface area contributed by atoms with Gasteiger partial charge in [-0.25, -0.2) is 4.98 Å². The lowest BCUT2D eigenvalue weighted by molar-refractivity contribution is -0.135. The number of aromatic nitrogens is 1. The molecule has 0 aliphatic carbocycles. The highest BCUT2D eigenvalue weighted by Gasteiger charge is 2.11. The molecule has 0 radical (unpaired) electrons. The Bertz CT molecular complexity index is 904. The van der Waals surface area contributed by atoms with Gasteiger partial charge in [0.1, 0.15) is 11.6 Å². The molecule has 140 valence electrons. The van der Waals surface area contributed by atoms with Crippen molar-refractivity contribution < 1.29 is 14.3 Å². The van der Waals surface area contributed by atoms with Crippen LogP contribution in [0.4, 0.5) is 0 Å². The lowest BCUT2D eigenvalue weighted by atomic mass is 10.1. The molecule has 3 aromatic rings. The van der Waals surface area contributed by atoms with Crippen molar-refractivity contribution in [3.05, 3.63) is 64.7 Å². The first-order valence-electron chi connectivity index (χ1n) is 8.54. The summed E-state index contributed by atoms with van der Waals surface area (Å²) in [7, 11) is 3.33. The number of carbonyl (C=O) groups is 2. The maximum atomic E-state index is 12.3. The summed E-state index contributed by atoms with van der Waals surface area (Å²) >= 11 is 1.57. The van der Waals surface area contributed by atoms with E-state index in [0.29, 0.717) is 18.7 Å². The molecule has 0 saturated heterocycles. The Labute approximate surface area is 161 Å². The summed E-state index contributed by atoms with van der Waals surface area (Å²) in [6.07, 6.45) is 0. The third kappa shape index (κ3) is 4.90. The number of benzene rings is 2. The largest absolute Gasteiger partial charge is 0.364 e. The average Bonchev–Trinajstić information content (AvgIpc) is 3.10. The van der Waals surface area contributed by atoms with Gasteiger partial charge in [-0.2, -0.15) is 0 Å². The second-order valence-corrected chi connectivity index (χ2v) is 7.21. The fourth-order valence-electron chi connectivity index (χ4n) is 2.59. The lowest BCUT2D eigenvalue weighted by Crippen LogP contribution is -2.29. The second kappa shape index (κ2) is 8.75. The molecular weight excluding hydrogens is 362 g/mol. The van der Waals surface area contributed by atoms with Crippen LogP contribution in [0.1, 0.15) is 20.9 Å². The predicted molar refractivity (Wildman–Crippen MR) is 106 cm³/mol. The highest BCUT2D eigenvalue weighted by atomic mass is 32.1. The van der Waals surface area contributed by atoms with Crippen LogP contribution in [0.25, 0.3) is 10.2 Å². The topological polar surface area (TPSA) is 71.5 Å². The molecule has 0 bridgehead atoms. The zero-order valence-electron chi connectivity index (χ0n) is 15.3. The number of amides is 2. The second-order valence-electron chi connectivity index (χ2n) is 6.09. The van der Waals surface area contributed by atoms with Crippen LogP contribution in [-0.2, 0) is 22.7 Å². The predicted octanol–water partition coefficient (Wildman–Crippen LogP) is 2.83. The van der Waals surface area contributed by atoms with Gasteiger partial charge >= 0.3 is 0 Å². The van der Waals surface area contributed by atoms with Crippen molar-refractivity contribution in [2.75, 3.05) is 20.7 Å². The van der Waals surface area contributed by atoms with E-state index in [1.807, 2.05) is 36.4 Å². The van der Waals surface area contributed by atoms with Gasteiger partial charge in [-0.3, -0.25) is 9.59 Å². The third-order valence-corrected chi connectivity index (χ3v) is 5.09. The summed E-state index contributed by atoms with van der Waals surface area (Å²) in [5, 5.41) is 3.44. The Balaban J connectivity index is 1.48. The van der Waals surface area contributed by atoms with Crippen LogP contribution in [0, 0.1) is 0 Å². The highest BCUT2D eigenvalue weighted by Crippen LogP contribution is 2.21. The van der Waals surface area contributed by atoms with Crippen molar-refractivity contribution in [3.8, 4) is 0 Å². The van der Waals surface area contributed by atoms with Gasteiger partial charge in [-0.1, -0.05) is 24.3 Å². The summed E-state index contributed by atoms with van der Waals surface area (Å²) in [5.41, 5.74) is 2.49. The maximum absolute atomic E-state index is 12.3. The summed E-state index contributed by atoms with van der Waals surface area (Å²) in [4.78, 5) is 29.9. The molecule has 1 heterocycles. The van der Waals surface area contributed by atoms with Gasteiger partial charge < -0.3 is 15.0 Å². The van der Waals surface area contributed by atoms with Gasteiger partial charge in [0.25, 0.3) is 5.91 Å². The van der Waals surface area contributed by atoms with Crippen molar-refractivity contribution in [2.45, 2.75) is 13.2 Å². The molecule has 0 spiro atoms. The highest BCUT2D eigenvalue weighted by molar-refractivity contribution is 7.18. The van der Waals surface area contributed by atoms with E-state index in [1.165, 1.54) is 0 Å². The number of ether oxygens (including phenoxy) is 1. The van der Waals surface area contributed by atoms with Crippen molar-refractivity contribution in [2.24, 2.45) is 0 Å². The Kier molecular flexibility index (Phi) is 6.16. The molecule has 2 amide bonds. The van der Waals surface area contributed by atoms with Crippen LogP contribution < -0.4 is 5.32 Å². The number of para-hydroxylation sites is 1. The third-order valence-electron chi connectivity index (χ3n) is 4.08. The summed E-state index contributed by atoms with van der Waals surface area (Å²) < 4.78 is 6.65. The SMILES string of the molecule is CNC(=O)c1ccc(CN(C)C(=O)COCc2nc3ccccc3s2)cc1. The summed E-state index contributed by atoms with van der Waals surface area (Å²) in [5.74, 6) is -0.235. The van der Waals surface area contributed by atoms with E-state index in [4.69, 9.17) is 4.74 Å². The molecule has 0 unspecified atom stereocenters. The van der Waals surface area contributed by atoms with Crippen LogP contribution in [0.5, 0.6) is 0 Å². The van der Waals surface area contributed by atoms with Gasteiger partial charge in [-0.15, -0.1) is 11.3 Å². The molecular formula is C20H21N3O3S. The number of rotatable bonds is 7. The Morgan fingerprint density at radius 2 is 1.89 bits per heavy atom. The number of fused-ring (bicyclic) bond motifs is 1. The smallest absolute Gasteiger partial charge is 0.251 e. The number of hydrogen-bond acceptors (Lipinski definition) is 5. The van der Waals surface area contributed by atoms with Crippen LogP contribution in [0.15, 0.2) is 48.5 Å². The van der Waals surface area contributed by atoms with E-state index in [0.717, 1.165) is 20.8 Å². The first-order valence-corrected chi connectivity index (χ1v) is 9.35. The molecule has 7 heteroatoms. The van der Waals surface area contributed by atoms with Gasteiger partial charge in [0.15, 0.2) is 0 Å². The quantitative estimate of drug-likeness (QED) is 0.681. The van der Waals surface area contributed by atoms with E-state index < -0.39 is 0 Å². The number of carbonyl (C=O) groups excluding carboxylic acids is 2. The van der Waals surface area contributed by atoms with Crippen LogP contribution in [-0.4, -0.2) is 42.4 Å². The minimum absolute atomic E-state index is 0.00273. The first kappa shape index (κ1) is 19.0. The van der Waals surface area contributed by atoms with Gasteiger partial charge in [-0.05, 0) is 29.8 Å². The van der Waals surface area contributed by atoms with E-state index in [-0.39, 0.29) is 18.4 Å². The molecule has 0 aliphatic rings. The van der Waals surface area contributed by atoms with E-state index in [9.17, 15) is 9.59 Å². The van der Waals surface area contributed by atoms with E-state index in [2.05, 4.69) is 10.3 Å². The molecule has 27 heavy (non-hydrogen) atoms. The van der Waals surface area contributed by atoms with Crippen molar-refractivity contribution >= 4 is 33.4 Å². The fraction of sp³-hybridized carbons (Fsp3) is 0.250. The normalized spacial score (nSPS) is 10.7. The zero-order chi connectivity index (χ0) is 19.2. The molecule has 3 rings (SSSR count). The van der Waals surface area contributed by atoms with Crippen LogP contribution in [0.3, 0.4) is 0 Å². The molecule has 0 atom stereocenters. The van der Waals surface area contributed by atoms with Gasteiger partial charge in [0.05, 0.1) is 16.8 Å². The number of nitrogens with zero attached hydrogens (tertiary/aromatic N) is 2. The van der Waals surface area contributed by atoms with E-state index in [1.54, 1.807) is 42.5 Å². The number of hydrogen-bond donors (Lipinski definition) is 1. The number of nitrogens with one attached hydrogen (secondary N) is 1. The standard InChI is InChI=1S/C20H21N3O3S/c1-21-20(25)15-9-7-14(8-10-15)11-23(2)19(24)13-26-12-18-22-16-5-3-4-6-17(16)27-18/h3-10H,11-13H2,1-2H3,(H,21,25). The molecule has 1 aromatic heterocycles. The Morgan fingerprint density at radius 3 is 2.59 bits per heavy atom. The number of likely N-dealkylation sites (N-methyl/N-ethyl adjacent to an activating group) is 1. The molecule has 6 nitrogen and oxygen atoms in total. The number of thiazole rings is 1. The summed E-state index contributed by atoms with van der Waals surface area (Å²) in [6.45, 7) is 0.778. The van der Waals surface area contributed by atoms with Crippen LogP contribution in [0.2, 0.25) is 0 Å². The molecule has 0 fully saturated rings. The molecule has 1 N–H and O–H groups in total. The van der Waals surface area contributed by atoms with Crippen LogP contribution >= 0.6 is 11.3 Å². The lowest BCUT2D eigenvalue weighted by Gasteiger charge is -2.17. The minimum Gasteiger partial charge on any atom is -0.364 e. The Morgan fingerprint density at radius 1 is 1.15 bits per heavy atom.